The molecule has 5 nitrogen and oxygen atoms in total. The third-order valence-electron chi connectivity index (χ3n) is 5.00. The van der Waals surface area contributed by atoms with E-state index in [-0.39, 0.29) is 5.91 Å². The van der Waals surface area contributed by atoms with Crippen molar-refractivity contribution in [3.8, 4) is 11.5 Å². The predicted molar refractivity (Wildman–Crippen MR) is 142 cm³/mol. The summed E-state index contributed by atoms with van der Waals surface area (Å²) in [4.78, 5) is 17.5. The Labute approximate surface area is 213 Å². The summed E-state index contributed by atoms with van der Waals surface area (Å²) in [6.07, 6.45) is 9.06. The maximum atomic E-state index is 12.4. The van der Waals surface area contributed by atoms with Gasteiger partial charge in [-0.1, -0.05) is 50.6 Å². The van der Waals surface area contributed by atoms with Crippen LogP contribution in [0.3, 0.4) is 0 Å². The smallest absolute Gasteiger partial charge is 0.264 e. The minimum Gasteiger partial charge on any atom is -0.493 e. The molecule has 1 aliphatic heterocycles. The number of methoxy groups -OCH3 is 1. The number of ether oxygens (including phenoxy) is 2. The van der Waals surface area contributed by atoms with Gasteiger partial charge in [0.1, 0.15) is 0 Å². The molecule has 8 heteroatoms. The van der Waals surface area contributed by atoms with E-state index in [1.165, 1.54) is 37.4 Å². The van der Waals surface area contributed by atoms with Crippen LogP contribution in [0.2, 0.25) is 5.02 Å². The first-order valence-corrected chi connectivity index (χ1v) is 13.0. The van der Waals surface area contributed by atoms with Crippen LogP contribution in [0.25, 0.3) is 6.08 Å². The Balaban J connectivity index is 1.66. The van der Waals surface area contributed by atoms with Crippen LogP contribution in [0.1, 0.15) is 51.0 Å². The van der Waals surface area contributed by atoms with Crippen LogP contribution in [0, 0.1) is 0 Å². The first-order valence-electron chi connectivity index (χ1n) is 11.1. The molecule has 33 heavy (non-hydrogen) atoms. The van der Waals surface area contributed by atoms with Crippen molar-refractivity contribution < 1.29 is 14.3 Å². The fourth-order valence-electron chi connectivity index (χ4n) is 3.28. The SMILES string of the molecule is CCCCCCCCOc1c(Br)cc(/C=C2/SC(=Nc3ccc(Cl)cc3)NC2=O)cc1OC. The van der Waals surface area contributed by atoms with Gasteiger partial charge in [-0.25, -0.2) is 4.99 Å². The molecule has 1 fully saturated rings. The molecule has 0 spiro atoms. The lowest BCUT2D eigenvalue weighted by Crippen LogP contribution is -2.19. The van der Waals surface area contributed by atoms with Gasteiger partial charge < -0.3 is 14.8 Å². The molecule has 0 bridgehead atoms. The fraction of sp³-hybridized carbons (Fsp3) is 0.360. The number of hydrogen-bond acceptors (Lipinski definition) is 5. The standard InChI is InChI=1S/C25H28BrClN2O3S/c1-3-4-5-6-7-8-13-32-23-20(26)14-17(15-21(23)31-2)16-22-24(30)29-25(33-22)28-19-11-9-18(27)10-12-19/h9-12,14-16H,3-8,13H2,1-2H3,(H,28,29,30)/b22-16+. The molecular weight excluding hydrogens is 524 g/mol. The van der Waals surface area contributed by atoms with Gasteiger partial charge in [0.2, 0.25) is 0 Å². The largest absolute Gasteiger partial charge is 0.493 e. The van der Waals surface area contributed by atoms with Gasteiger partial charge in [0.15, 0.2) is 16.7 Å². The molecular formula is C25H28BrClN2O3S. The summed E-state index contributed by atoms with van der Waals surface area (Å²) in [6.45, 7) is 2.86. The molecule has 2 aromatic rings. The zero-order chi connectivity index (χ0) is 23.6. The van der Waals surface area contributed by atoms with Crippen LogP contribution in [-0.2, 0) is 4.79 Å². The Kier molecular flexibility index (Phi) is 10.2. The third kappa shape index (κ3) is 7.80. The van der Waals surface area contributed by atoms with E-state index in [1.54, 1.807) is 31.4 Å². The van der Waals surface area contributed by atoms with E-state index in [0.717, 1.165) is 28.6 Å². The van der Waals surface area contributed by atoms with Gasteiger partial charge in [-0.2, -0.15) is 0 Å². The first kappa shape index (κ1) is 25.7. The Morgan fingerprint density at radius 1 is 1.12 bits per heavy atom. The summed E-state index contributed by atoms with van der Waals surface area (Å²) in [6, 6.07) is 10.9. The highest BCUT2D eigenvalue weighted by atomic mass is 79.9. The van der Waals surface area contributed by atoms with Crippen LogP contribution >= 0.6 is 39.3 Å². The number of rotatable bonds is 11. The quantitative estimate of drug-likeness (QED) is 0.229. The molecule has 0 saturated carbocycles. The van der Waals surface area contributed by atoms with Crippen molar-refractivity contribution >= 4 is 62.1 Å². The van der Waals surface area contributed by atoms with Gasteiger partial charge in [0.05, 0.1) is 28.8 Å². The lowest BCUT2D eigenvalue weighted by atomic mass is 10.1. The highest BCUT2D eigenvalue weighted by molar-refractivity contribution is 9.10. The van der Waals surface area contributed by atoms with E-state index in [2.05, 4.69) is 33.2 Å². The van der Waals surface area contributed by atoms with E-state index in [1.807, 2.05) is 18.2 Å². The van der Waals surface area contributed by atoms with Gasteiger partial charge in [-0.3, -0.25) is 4.79 Å². The molecule has 1 saturated heterocycles. The van der Waals surface area contributed by atoms with Crippen molar-refractivity contribution in [3.63, 3.8) is 0 Å². The number of benzene rings is 2. The molecule has 1 aliphatic rings. The van der Waals surface area contributed by atoms with Gasteiger partial charge in [0, 0.05) is 5.02 Å². The highest BCUT2D eigenvalue weighted by Crippen LogP contribution is 2.38. The third-order valence-corrected chi connectivity index (χ3v) is 6.75. The molecule has 176 valence electrons. The number of nitrogens with one attached hydrogen (secondary N) is 1. The Morgan fingerprint density at radius 2 is 1.85 bits per heavy atom. The van der Waals surface area contributed by atoms with Crippen molar-refractivity contribution in [3.05, 3.63) is 56.4 Å². The molecule has 1 N–H and O–H groups in total. The highest BCUT2D eigenvalue weighted by Gasteiger charge is 2.24. The normalized spacial score (nSPS) is 15.8. The monoisotopic (exact) mass is 550 g/mol. The van der Waals surface area contributed by atoms with Gasteiger partial charge in [-0.05, 0) is 82.2 Å². The van der Waals surface area contributed by atoms with Crippen molar-refractivity contribution in [2.45, 2.75) is 45.4 Å². The lowest BCUT2D eigenvalue weighted by molar-refractivity contribution is -0.115. The second-order valence-corrected chi connectivity index (χ2v) is 9.93. The van der Waals surface area contributed by atoms with Gasteiger partial charge in [-0.15, -0.1) is 0 Å². The number of thioether (sulfide) groups is 1. The summed E-state index contributed by atoms with van der Waals surface area (Å²) in [7, 11) is 1.62. The molecule has 0 unspecified atom stereocenters. The van der Waals surface area contributed by atoms with Crippen LogP contribution in [-0.4, -0.2) is 24.8 Å². The Bertz CT molecular complexity index is 1030. The van der Waals surface area contributed by atoms with Gasteiger partial charge >= 0.3 is 0 Å². The van der Waals surface area contributed by atoms with E-state index in [0.29, 0.717) is 33.2 Å². The molecule has 1 amide bonds. The number of carbonyl (C=O) groups excluding carboxylic acids is 1. The van der Waals surface area contributed by atoms with Crippen molar-refractivity contribution in [1.29, 1.82) is 0 Å². The number of carbonyl (C=O) groups is 1. The van der Waals surface area contributed by atoms with Gasteiger partial charge in [0.25, 0.3) is 5.91 Å². The van der Waals surface area contributed by atoms with Crippen LogP contribution < -0.4 is 14.8 Å². The number of amides is 1. The number of amidine groups is 1. The summed E-state index contributed by atoms with van der Waals surface area (Å²) < 4.78 is 12.3. The van der Waals surface area contributed by atoms with Crippen molar-refractivity contribution in [2.75, 3.05) is 13.7 Å². The van der Waals surface area contributed by atoms with E-state index in [9.17, 15) is 4.79 Å². The first-order chi connectivity index (χ1) is 16.0. The number of aliphatic imine (C=N–C) groups is 1. The second kappa shape index (κ2) is 13.1. The van der Waals surface area contributed by atoms with E-state index >= 15 is 0 Å². The molecule has 2 aromatic carbocycles. The second-order valence-electron chi connectivity index (χ2n) is 7.61. The molecule has 0 atom stereocenters. The summed E-state index contributed by atoms with van der Waals surface area (Å²) in [5.41, 5.74) is 1.55. The average Bonchev–Trinajstić information content (AvgIpc) is 3.14. The number of nitrogens with zero attached hydrogens (tertiary/aromatic N) is 1. The Morgan fingerprint density at radius 3 is 2.58 bits per heavy atom. The summed E-state index contributed by atoms with van der Waals surface area (Å²) >= 11 is 10.8. The Hall–Kier alpha value is -1.96. The topological polar surface area (TPSA) is 59.9 Å². The molecule has 3 rings (SSSR count). The minimum absolute atomic E-state index is 0.189. The number of halogens is 2. The molecule has 1 heterocycles. The maximum absolute atomic E-state index is 12.4. The minimum atomic E-state index is -0.189. The van der Waals surface area contributed by atoms with E-state index < -0.39 is 0 Å². The van der Waals surface area contributed by atoms with Crippen LogP contribution in [0.4, 0.5) is 5.69 Å². The average molecular weight is 552 g/mol. The summed E-state index contributed by atoms with van der Waals surface area (Å²) in [5.74, 6) is 1.12. The lowest BCUT2D eigenvalue weighted by Gasteiger charge is -2.13. The van der Waals surface area contributed by atoms with Crippen molar-refractivity contribution in [1.82, 2.24) is 5.32 Å². The number of unbranched alkanes of at least 4 members (excludes halogenated alkanes) is 5. The van der Waals surface area contributed by atoms with Crippen LogP contribution in [0.5, 0.6) is 11.5 Å². The maximum Gasteiger partial charge on any atom is 0.264 e. The number of hydrogen-bond donors (Lipinski definition) is 1. The zero-order valence-corrected chi connectivity index (χ0v) is 22.0. The molecule has 0 radical (unpaired) electrons. The molecule has 0 aliphatic carbocycles. The van der Waals surface area contributed by atoms with E-state index in [4.69, 9.17) is 21.1 Å². The predicted octanol–water partition coefficient (Wildman–Crippen LogP) is 7.74. The van der Waals surface area contributed by atoms with Crippen LogP contribution in [0.15, 0.2) is 50.8 Å². The fourth-order valence-corrected chi connectivity index (χ4v) is 4.83. The zero-order valence-electron chi connectivity index (χ0n) is 18.8. The molecule has 0 aromatic heterocycles. The summed E-state index contributed by atoms with van der Waals surface area (Å²) in [5, 5.41) is 3.97. The van der Waals surface area contributed by atoms with Crippen molar-refractivity contribution in [2.24, 2.45) is 4.99 Å².